The van der Waals surface area contributed by atoms with Gasteiger partial charge in [-0.3, -0.25) is 19.5 Å². The standard InChI is InChI=1S/C20H17F2N3O4/c1-11-5-2-3-6-12(11)15(10-18(27)28)23-20(29)16-9-17(26)25(24-16)19-13(21)7-4-8-14(19)22/h2-9,15,24H,10H2,1H3,(H,23,29)(H,27,28)/t15-/m0/s1. The van der Waals surface area contributed by atoms with E-state index in [0.717, 1.165) is 29.8 Å². The Morgan fingerprint density at radius 1 is 1.14 bits per heavy atom. The van der Waals surface area contributed by atoms with Crippen LogP contribution in [0.1, 0.15) is 34.1 Å². The Kier molecular flexibility index (Phi) is 5.58. The van der Waals surface area contributed by atoms with Crippen LogP contribution in [0.5, 0.6) is 0 Å². The Labute approximate surface area is 163 Å². The molecule has 1 amide bonds. The molecule has 0 aliphatic carbocycles. The van der Waals surface area contributed by atoms with E-state index in [-0.39, 0.29) is 12.1 Å². The number of carboxylic acid groups (broad SMARTS) is 1. The molecule has 0 aliphatic rings. The third kappa shape index (κ3) is 4.23. The van der Waals surface area contributed by atoms with Crippen molar-refractivity contribution in [3.8, 4) is 5.69 Å². The van der Waals surface area contributed by atoms with Crippen LogP contribution in [0.2, 0.25) is 0 Å². The van der Waals surface area contributed by atoms with E-state index < -0.39 is 40.8 Å². The molecule has 0 spiro atoms. The van der Waals surface area contributed by atoms with E-state index in [1.165, 1.54) is 0 Å². The smallest absolute Gasteiger partial charge is 0.305 e. The number of aryl methyl sites for hydroxylation is 1. The van der Waals surface area contributed by atoms with Crippen molar-refractivity contribution in [2.24, 2.45) is 0 Å². The first-order valence-electron chi connectivity index (χ1n) is 8.62. The van der Waals surface area contributed by atoms with E-state index in [4.69, 9.17) is 0 Å². The first kappa shape index (κ1) is 20.0. The molecule has 0 saturated heterocycles. The maximum absolute atomic E-state index is 14.0. The SMILES string of the molecule is Cc1ccccc1[C@H](CC(=O)O)NC(=O)c1cc(=O)n(-c2c(F)cccc2F)[nH]1. The predicted molar refractivity (Wildman–Crippen MR) is 99.9 cm³/mol. The first-order chi connectivity index (χ1) is 13.8. The van der Waals surface area contributed by atoms with Crippen molar-refractivity contribution >= 4 is 11.9 Å². The van der Waals surface area contributed by atoms with Gasteiger partial charge in [0.15, 0.2) is 11.6 Å². The number of para-hydroxylation sites is 1. The number of carbonyl (C=O) groups is 2. The van der Waals surface area contributed by atoms with Gasteiger partial charge in [-0.2, -0.15) is 0 Å². The molecule has 150 valence electrons. The quantitative estimate of drug-likeness (QED) is 0.591. The van der Waals surface area contributed by atoms with E-state index in [0.29, 0.717) is 10.2 Å². The molecule has 9 heteroatoms. The summed E-state index contributed by atoms with van der Waals surface area (Å²) in [5, 5.41) is 14.1. The molecule has 1 aromatic heterocycles. The Hall–Kier alpha value is -3.75. The van der Waals surface area contributed by atoms with Crippen molar-refractivity contribution in [3.05, 3.63) is 87.3 Å². The van der Waals surface area contributed by atoms with Gasteiger partial charge in [-0.25, -0.2) is 13.5 Å². The lowest BCUT2D eigenvalue weighted by Gasteiger charge is -2.19. The Morgan fingerprint density at radius 3 is 2.41 bits per heavy atom. The van der Waals surface area contributed by atoms with Crippen LogP contribution in [0.3, 0.4) is 0 Å². The van der Waals surface area contributed by atoms with Crippen LogP contribution >= 0.6 is 0 Å². The summed E-state index contributed by atoms with van der Waals surface area (Å²) in [4.78, 5) is 36.0. The highest BCUT2D eigenvalue weighted by Gasteiger charge is 2.23. The van der Waals surface area contributed by atoms with Crippen LogP contribution in [0.4, 0.5) is 8.78 Å². The van der Waals surface area contributed by atoms with E-state index in [1.54, 1.807) is 31.2 Å². The van der Waals surface area contributed by atoms with Gasteiger partial charge in [0.05, 0.1) is 12.5 Å². The fraction of sp³-hybridized carbons (Fsp3) is 0.150. The monoisotopic (exact) mass is 401 g/mol. The highest BCUT2D eigenvalue weighted by atomic mass is 19.1. The zero-order chi connectivity index (χ0) is 21.1. The fourth-order valence-electron chi connectivity index (χ4n) is 3.01. The minimum Gasteiger partial charge on any atom is -0.481 e. The molecule has 3 N–H and O–H groups in total. The topological polar surface area (TPSA) is 104 Å². The number of benzene rings is 2. The minimum atomic E-state index is -1.13. The number of carboxylic acids is 1. The third-order valence-corrected chi connectivity index (χ3v) is 4.37. The van der Waals surface area contributed by atoms with Crippen molar-refractivity contribution in [1.29, 1.82) is 0 Å². The average Bonchev–Trinajstić information content (AvgIpc) is 3.03. The number of carbonyl (C=O) groups excluding carboxylic acids is 1. The number of rotatable bonds is 6. The molecule has 0 bridgehead atoms. The highest BCUT2D eigenvalue weighted by molar-refractivity contribution is 5.92. The van der Waals surface area contributed by atoms with Gasteiger partial charge in [0.25, 0.3) is 11.5 Å². The maximum Gasteiger partial charge on any atom is 0.305 e. The molecule has 3 rings (SSSR count). The number of amides is 1. The average molecular weight is 401 g/mol. The molecule has 3 aromatic rings. The number of hydrogen-bond acceptors (Lipinski definition) is 3. The van der Waals surface area contributed by atoms with Crippen LogP contribution < -0.4 is 10.9 Å². The second-order valence-corrected chi connectivity index (χ2v) is 6.39. The van der Waals surface area contributed by atoms with Crippen LogP contribution in [0, 0.1) is 18.6 Å². The van der Waals surface area contributed by atoms with Crippen molar-refractivity contribution in [3.63, 3.8) is 0 Å². The third-order valence-electron chi connectivity index (χ3n) is 4.37. The second-order valence-electron chi connectivity index (χ2n) is 6.39. The molecule has 0 unspecified atom stereocenters. The normalized spacial score (nSPS) is 11.8. The largest absolute Gasteiger partial charge is 0.481 e. The van der Waals surface area contributed by atoms with Crippen LogP contribution in [-0.4, -0.2) is 26.8 Å². The number of halogens is 2. The summed E-state index contributed by atoms with van der Waals surface area (Å²) in [6, 6.07) is 10.1. The lowest BCUT2D eigenvalue weighted by atomic mass is 9.98. The van der Waals surface area contributed by atoms with E-state index in [1.807, 2.05) is 0 Å². The predicted octanol–water partition coefficient (Wildman–Crippen LogP) is 2.70. The molecule has 1 heterocycles. The zero-order valence-electron chi connectivity index (χ0n) is 15.3. The number of hydrogen-bond donors (Lipinski definition) is 3. The van der Waals surface area contributed by atoms with Gasteiger partial charge in [-0.05, 0) is 30.2 Å². The van der Waals surface area contributed by atoms with E-state index >= 15 is 0 Å². The molecule has 0 saturated carbocycles. The molecule has 0 aliphatic heterocycles. The molecule has 1 atom stereocenters. The molecule has 0 fully saturated rings. The summed E-state index contributed by atoms with van der Waals surface area (Å²) in [6.07, 6.45) is -0.385. The Bertz CT molecular complexity index is 1120. The number of aromatic amines is 1. The van der Waals surface area contributed by atoms with Crippen molar-refractivity contribution in [2.45, 2.75) is 19.4 Å². The summed E-state index contributed by atoms with van der Waals surface area (Å²) >= 11 is 0. The van der Waals surface area contributed by atoms with Crippen LogP contribution in [-0.2, 0) is 4.79 Å². The van der Waals surface area contributed by atoms with Gasteiger partial charge in [0.2, 0.25) is 0 Å². The van der Waals surface area contributed by atoms with Crippen LogP contribution in [0.15, 0.2) is 53.3 Å². The van der Waals surface area contributed by atoms with Crippen molar-refractivity contribution in [1.82, 2.24) is 15.1 Å². The van der Waals surface area contributed by atoms with Gasteiger partial charge in [-0.1, -0.05) is 30.3 Å². The van der Waals surface area contributed by atoms with Crippen molar-refractivity contribution in [2.75, 3.05) is 0 Å². The molecule has 7 nitrogen and oxygen atoms in total. The van der Waals surface area contributed by atoms with E-state index in [9.17, 15) is 28.3 Å². The van der Waals surface area contributed by atoms with Gasteiger partial charge < -0.3 is 10.4 Å². The minimum absolute atomic E-state index is 0.262. The van der Waals surface area contributed by atoms with Gasteiger partial charge in [0, 0.05) is 6.07 Å². The zero-order valence-corrected chi connectivity index (χ0v) is 15.3. The Morgan fingerprint density at radius 2 is 1.79 bits per heavy atom. The van der Waals surface area contributed by atoms with Gasteiger partial charge >= 0.3 is 5.97 Å². The molecule has 0 radical (unpaired) electrons. The number of nitrogens with one attached hydrogen (secondary N) is 2. The first-order valence-corrected chi connectivity index (χ1v) is 8.62. The number of aromatic nitrogens is 2. The summed E-state index contributed by atoms with van der Waals surface area (Å²) in [5.74, 6) is -3.88. The summed E-state index contributed by atoms with van der Waals surface area (Å²) < 4.78 is 28.5. The van der Waals surface area contributed by atoms with E-state index in [2.05, 4.69) is 10.4 Å². The molecule has 2 aromatic carbocycles. The Balaban J connectivity index is 1.93. The molecular formula is C20H17F2N3O4. The molecule has 29 heavy (non-hydrogen) atoms. The van der Waals surface area contributed by atoms with Gasteiger partial charge in [0.1, 0.15) is 11.4 Å². The maximum atomic E-state index is 14.0. The second kappa shape index (κ2) is 8.09. The van der Waals surface area contributed by atoms with Crippen LogP contribution in [0.25, 0.3) is 5.69 Å². The highest BCUT2D eigenvalue weighted by Crippen LogP contribution is 2.21. The number of aliphatic carboxylic acids is 1. The summed E-state index contributed by atoms with van der Waals surface area (Å²) in [5.41, 5.74) is -0.368. The lowest BCUT2D eigenvalue weighted by molar-refractivity contribution is -0.137. The van der Waals surface area contributed by atoms with Gasteiger partial charge in [-0.15, -0.1) is 0 Å². The van der Waals surface area contributed by atoms with Crippen molar-refractivity contribution < 1.29 is 23.5 Å². The molecular weight excluding hydrogens is 384 g/mol. The fourth-order valence-corrected chi connectivity index (χ4v) is 3.01. The lowest BCUT2D eigenvalue weighted by Crippen LogP contribution is -2.31. The number of nitrogens with zero attached hydrogens (tertiary/aromatic N) is 1. The summed E-state index contributed by atoms with van der Waals surface area (Å²) in [6.45, 7) is 1.77. The summed E-state index contributed by atoms with van der Waals surface area (Å²) in [7, 11) is 0. The number of H-pyrrole nitrogens is 1.